The van der Waals surface area contributed by atoms with Crippen molar-refractivity contribution in [2.45, 2.75) is 19.9 Å². The summed E-state index contributed by atoms with van der Waals surface area (Å²) in [6.07, 6.45) is 0. The van der Waals surface area contributed by atoms with Gasteiger partial charge < -0.3 is 14.0 Å². The van der Waals surface area contributed by atoms with E-state index in [-0.39, 0.29) is 11.6 Å². The van der Waals surface area contributed by atoms with Gasteiger partial charge in [0, 0.05) is 11.6 Å². The van der Waals surface area contributed by atoms with Gasteiger partial charge in [-0.25, -0.2) is 4.79 Å². The van der Waals surface area contributed by atoms with Gasteiger partial charge in [0.1, 0.15) is 0 Å². The highest BCUT2D eigenvalue weighted by atomic mass is 28.4. The lowest BCUT2D eigenvalue weighted by Crippen LogP contribution is -2.40. The molecule has 0 rings (SSSR count). The molecule has 0 saturated heterocycles. The summed E-state index contributed by atoms with van der Waals surface area (Å²) in [5, 5.41) is 0. The lowest BCUT2D eigenvalue weighted by molar-refractivity contribution is -0.133. The Hall–Kier alpha value is -0.653. The second-order valence-corrected chi connectivity index (χ2v) is 4.66. The van der Waals surface area contributed by atoms with Crippen LogP contribution >= 0.6 is 0 Å². The minimum Gasteiger partial charge on any atom is -0.470 e. The highest BCUT2D eigenvalue weighted by Gasteiger charge is 2.34. The van der Waals surface area contributed by atoms with Crippen LogP contribution in [-0.4, -0.2) is 24.4 Å². The van der Waals surface area contributed by atoms with Crippen LogP contribution in [0, 0.1) is 0 Å². The van der Waals surface area contributed by atoms with E-state index >= 15 is 0 Å². The van der Waals surface area contributed by atoms with E-state index in [4.69, 9.17) is 9.59 Å². The Morgan fingerprint density at radius 3 is 2.36 bits per heavy atom. The second kappa shape index (κ2) is 3.66. The van der Waals surface area contributed by atoms with Crippen molar-refractivity contribution in [1.82, 2.24) is 0 Å². The molecule has 0 saturated carbocycles. The van der Waals surface area contributed by atoms with Crippen LogP contribution in [0.4, 0.5) is 0 Å². The normalized spacial score (nSPS) is 10.9. The summed E-state index contributed by atoms with van der Waals surface area (Å²) in [7, 11) is -3.71. The second-order valence-electron chi connectivity index (χ2n) is 2.27. The number of carbonyl (C=O) groups is 1. The third-order valence-corrected chi connectivity index (χ3v) is 2.50. The summed E-state index contributed by atoms with van der Waals surface area (Å²) in [5.74, 6) is -0.747. The molecule has 0 heterocycles. The molecule has 0 aromatic rings. The largest absolute Gasteiger partial charge is 0.562 e. The van der Waals surface area contributed by atoms with E-state index in [1.54, 1.807) is 0 Å². The fraction of sp³-hybridized carbons (Fsp3) is 0.500. The molecule has 0 aromatic carbocycles. The van der Waals surface area contributed by atoms with Crippen molar-refractivity contribution in [2.24, 2.45) is 0 Å². The van der Waals surface area contributed by atoms with E-state index in [0.29, 0.717) is 0 Å². The molecule has 0 aliphatic carbocycles. The molecule has 0 aliphatic heterocycles. The molecule has 0 aromatic heterocycles. The van der Waals surface area contributed by atoms with Crippen LogP contribution in [0.15, 0.2) is 12.2 Å². The molecule has 0 amide bonds. The van der Waals surface area contributed by atoms with Crippen molar-refractivity contribution in [3.8, 4) is 0 Å². The Balaban J connectivity index is 4.04. The molecule has 0 spiro atoms. The van der Waals surface area contributed by atoms with Crippen LogP contribution < -0.4 is 0 Å². The molecular weight excluding hydrogens is 164 g/mol. The van der Waals surface area contributed by atoms with E-state index in [2.05, 4.69) is 11.0 Å². The molecule has 0 bridgehead atoms. The molecule has 11 heavy (non-hydrogen) atoms. The van der Waals surface area contributed by atoms with Gasteiger partial charge in [0.25, 0.3) is 0 Å². The molecular formula is C6H12O4Si. The molecule has 0 aliphatic rings. The Kier molecular flexibility index (Phi) is 3.44. The van der Waals surface area contributed by atoms with Crippen LogP contribution in [0.25, 0.3) is 0 Å². The molecule has 0 unspecified atom stereocenters. The quantitative estimate of drug-likeness (QED) is 0.471. The number of rotatable bonds is 3. The molecule has 0 atom stereocenters. The van der Waals surface area contributed by atoms with E-state index in [9.17, 15) is 4.79 Å². The van der Waals surface area contributed by atoms with Gasteiger partial charge in [0.05, 0.1) is 0 Å². The van der Waals surface area contributed by atoms with Crippen molar-refractivity contribution in [1.29, 1.82) is 0 Å². The Bertz CT molecular complexity index is 175. The summed E-state index contributed by atoms with van der Waals surface area (Å²) in [6.45, 7) is 6.29. The lowest BCUT2D eigenvalue weighted by atomic mass is 10.4. The standard InChI is InChI=1S/C6H12O4Si/c1-4-11(8,9)10-6(7)5(2)3/h8-9H,2,4H2,1,3H3. The van der Waals surface area contributed by atoms with Crippen molar-refractivity contribution < 1.29 is 18.8 Å². The highest BCUT2D eigenvalue weighted by Crippen LogP contribution is 2.05. The topological polar surface area (TPSA) is 66.8 Å². The van der Waals surface area contributed by atoms with E-state index in [1.165, 1.54) is 13.8 Å². The SMILES string of the molecule is C=C(C)C(=O)O[Si](O)(O)CC. The maximum Gasteiger partial charge on any atom is 0.562 e. The summed E-state index contributed by atoms with van der Waals surface area (Å²) >= 11 is 0. The van der Waals surface area contributed by atoms with E-state index < -0.39 is 14.8 Å². The first kappa shape index (κ1) is 10.3. The van der Waals surface area contributed by atoms with Crippen molar-refractivity contribution in [3.63, 3.8) is 0 Å². The predicted octanol–water partition coefficient (Wildman–Crippen LogP) is 0.0491. The van der Waals surface area contributed by atoms with Crippen LogP contribution in [0.1, 0.15) is 13.8 Å². The van der Waals surface area contributed by atoms with Gasteiger partial charge in [-0.2, -0.15) is 0 Å². The third-order valence-electron chi connectivity index (χ3n) is 1.07. The molecule has 4 nitrogen and oxygen atoms in total. The summed E-state index contributed by atoms with van der Waals surface area (Å²) in [5.41, 5.74) is 0.165. The summed E-state index contributed by atoms with van der Waals surface area (Å²) in [6, 6.07) is 0.0615. The molecule has 64 valence electrons. The Morgan fingerprint density at radius 2 is 2.09 bits per heavy atom. The molecule has 0 radical (unpaired) electrons. The summed E-state index contributed by atoms with van der Waals surface area (Å²) < 4.78 is 4.36. The van der Waals surface area contributed by atoms with Crippen molar-refractivity contribution in [3.05, 3.63) is 12.2 Å². The van der Waals surface area contributed by atoms with Crippen molar-refractivity contribution >= 4 is 14.8 Å². The van der Waals surface area contributed by atoms with Gasteiger partial charge in [0.15, 0.2) is 0 Å². The molecule has 5 heteroatoms. The first-order valence-electron chi connectivity index (χ1n) is 3.22. The van der Waals surface area contributed by atoms with Gasteiger partial charge >= 0.3 is 14.8 Å². The number of carbonyl (C=O) groups excluding carboxylic acids is 1. The highest BCUT2D eigenvalue weighted by molar-refractivity contribution is 6.59. The molecule has 0 fully saturated rings. The lowest BCUT2D eigenvalue weighted by Gasteiger charge is -2.14. The molecule has 2 N–H and O–H groups in total. The zero-order valence-corrected chi connectivity index (χ0v) is 7.63. The van der Waals surface area contributed by atoms with Gasteiger partial charge in [-0.3, -0.25) is 0 Å². The van der Waals surface area contributed by atoms with Crippen LogP contribution in [0.3, 0.4) is 0 Å². The minimum absolute atomic E-state index is 0.0615. The van der Waals surface area contributed by atoms with E-state index in [0.717, 1.165) is 0 Å². The fourth-order valence-corrected chi connectivity index (χ4v) is 0.923. The van der Waals surface area contributed by atoms with Gasteiger partial charge in [0.2, 0.25) is 0 Å². The zero-order valence-electron chi connectivity index (χ0n) is 6.63. The first-order chi connectivity index (χ1) is 4.89. The van der Waals surface area contributed by atoms with Crippen LogP contribution in [0.2, 0.25) is 6.04 Å². The number of hydrogen-bond donors (Lipinski definition) is 2. The van der Waals surface area contributed by atoms with E-state index in [1.807, 2.05) is 0 Å². The zero-order chi connectivity index (χ0) is 9.07. The summed E-state index contributed by atoms with van der Waals surface area (Å²) in [4.78, 5) is 28.6. The fourth-order valence-electron chi connectivity index (χ4n) is 0.308. The van der Waals surface area contributed by atoms with Crippen LogP contribution in [-0.2, 0) is 9.22 Å². The Morgan fingerprint density at radius 1 is 1.64 bits per heavy atom. The monoisotopic (exact) mass is 176 g/mol. The predicted molar refractivity (Wildman–Crippen MR) is 41.6 cm³/mol. The smallest absolute Gasteiger partial charge is 0.470 e. The Labute approximate surface area is 66.5 Å². The van der Waals surface area contributed by atoms with Gasteiger partial charge in [-0.15, -0.1) is 0 Å². The first-order valence-corrected chi connectivity index (χ1v) is 5.23. The number of hydrogen-bond acceptors (Lipinski definition) is 4. The van der Waals surface area contributed by atoms with Crippen LogP contribution in [0.5, 0.6) is 0 Å². The van der Waals surface area contributed by atoms with Crippen molar-refractivity contribution in [2.75, 3.05) is 0 Å². The average molecular weight is 176 g/mol. The third kappa shape index (κ3) is 3.92. The van der Waals surface area contributed by atoms with Gasteiger partial charge in [-0.1, -0.05) is 13.5 Å². The van der Waals surface area contributed by atoms with Gasteiger partial charge in [-0.05, 0) is 6.92 Å². The maximum absolute atomic E-state index is 10.7. The average Bonchev–Trinajstić information content (AvgIpc) is 1.87. The maximum atomic E-state index is 10.7. The minimum atomic E-state index is -3.71.